The minimum atomic E-state index is -4.32. The second-order valence-electron chi connectivity index (χ2n) is 9.03. The summed E-state index contributed by atoms with van der Waals surface area (Å²) in [6.07, 6.45) is 2.30. The molecule has 1 heterocycles. The first-order valence-corrected chi connectivity index (χ1v) is 11.5. The van der Waals surface area contributed by atoms with Crippen LogP contribution in [0.25, 0.3) is 0 Å². The molecule has 1 saturated carbocycles. The first kappa shape index (κ1) is 25.8. The van der Waals surface area contributed by atoms with Gasteiger partial charge in [0.25, 0.3) is 5.91 Å². The van der Waals surface area contributed by atoms with Crippen LogP contribution in [-0.4, -0.2) is 47.4 Å². The van der Waals surface area contributed by atoms with Crippen molar-refractivity contribution in [1.82, 2.24) is 16.0 Å². The number of hydrogen-bond donors (Lipinski definition) is 4. The summed E-state index contributed by atoms with van der Waals surface area (Å²) in [6.45, 7) is 1.26. The molecule has 1 aliphatic heterocycles. The highest BCUT2D eigenvalue weighted by atomic mass is 35.5. The highest BCUT2D eigenvalue weighted by molar-refractivity contribution is 6.31. The standard InChI is InChI=1S/C23H27ClF2N4O4/c1-22(34,16-4-2-3-5-17(16)24)23(25,26)21(33)30-18(10-13-6-7-13)20(32)29-15(12-27)11-14-8-9-28-19(14)31/h2-5,13-15,18,34H,6-11H2,1H3,(H,28,31)(H,29,32)(H,30,33). The lowest BCUT2D eigenvalue weighted by Gasteiger charge is -2.33. The van der Waals surface area contributed by atoms with Crippen LogP contribution < -0.4 is 16.0 Å². The Labute approximate surface area is 201 Å². The Morgan fingerprint density at radius 2 is 1.94 bits per heavy atom. The fourth-order valence-corrected chi connectivity index (χ4v) is 4.30. The number of alkyl halides is 2. The van der Waals surface area contributed by atoms with Gasteiger partial charge in [0, 0.05) is 23.0 Å². The predicted molar refractivity (Wildman–Crippen MR) is 119 cm³/mol. The van der Waals surface area contributed by atoms with Crippen LogP contribution in [0.2, 0.25) is 5.02 Å². The first-order valence-electron chi connectivity index (χ1n) is 11.1. The summed E-state index contributed by atoms with van der Waals surface area (Å²) in [6, 6.07) is 4.96. The van der Waals surface area contributed by atoms with Crippen LogP contribution in [0, 0.1) is 23.2 Å². The lowest BCUT2D eigenvalue weighted by molar-refractivity contribution is -0.192. The molecule has 34 heavy (non-hydrogen) atoms. The van der Waals surface area contributed by atoms with Gasteiger partial charge < -0.3 is 21.1 Å². The number of nitrogens with one attached hydrogen (secondary N) is 3. The van der Waals surface area contributed by atoms with Crippen molar-refractivity contribution in [3.8, 4) is 6.07 Å². The quantitative estimate of drug-likeness (QED) is 0.393. The SMILES string of the molecule is CC(O)(c1ccccc1Cl)C(F)(F)C(=O)NC(CC1CC1)C(=O)NC(C#N)CC1CCNC1=O. The van der Waals surface area contributed by atoms with Crippen molar-refractivity contribution in [3.63, 3.8) is 0 Å². The zero-order valence-electron chi connectivity index (χ0n) is 18.6. The number of nitriles is 1. The zero-order chi connectivity index (χ0) is 25.1. The number of hydrogen-bond acceptors (Lipinski definition) is 5. The number of carbonyl (C=O) groups is 3. The lowest BCUT2D eigenvalue weighted by Crippen LogP contribution is -2.59. The predicted octanol–water partition coefficient (Wildman–Crippen LogP) is 2.00. The van der Waals surface area contributed by atoms with Crippen LogP contribution in [0.1, 0.15) is 44.6 Å². The Balaban J connectivity index is 1.72. The van der Waals surface area contributed by atoms with E-state index < -0.39 is 41.3 Å². The maximum absolute atomic E-state index is 15.1. The molecule has 4 atom stereocenters. The number of halogens is 3. The van der Waals surface area contributed by atoms with Crippen LogP contribution in [0.15, 0.2) is 24.3 Å². The van der Waals surface area contributed by atoms with Gasteiger partial charge in [0.2, 0.25) is 11.8 Å². The van der Waals surface area contributed by atoms with Gasteiger partial charge in [-0.25, -0.2) is 0 Å². The van der Waals surface area contributed by atoms with E-state index in [1.807, 2.05) is 6.07 Å². The van der Waals surface area contributed by atoms with Crippen LogP contribution in [-0.2, 0) is 20.0 Å². The summed E-state index contributed by atoms with van der Waals surface area (Å²) in [7, 11) is 0. The lowest BCUT2D eigenvalue weighted by atomic mass is 9.88. The third kappa shape index (κ3) is 5.65. The van der Waals surface area contributed by atoms with Crippen molar-refractivity contribution >= 4 is 29.3 Å². The fourth-order valence-electron chi connectivity index (χ4n) is 3.98. The number of aliphatic hydroxyl groups is 1. The molecule has 2 aliphatic rings. The summed E-state index contributed by atoms with van der Waals surface area (Å²) < 4.78 is 30.3. The van der Waals surface area contributed by atoms with Crippen LogP contribution in [0.3, 0.4) is 0 Å². The van der Waals surface area contributed by atoms with E-state index in [0.29, 0.717) is 13.0 Å². The first-order chi connectivity index (χ1) is 16.0. The molecule has 11 heteroatoms. The van der Waals surface area contributed by atoms with E-state index in [0.717, 1.165) is 19.8 Å². The highest BCUT2D eigenvalue weighted by Crippen LogP contribution is 2.41. The fraction of sp³-hybridized carbons (Fsp3) is 0.565. The van der Waals surface area contributed by atoms with E-state index in [1.165, 1.54) is 24.3 Å². The number of carbonyl (C=O) groups excluding carboxylic acids is 3. The molecular formula is C23H27ClF2N4O4. The van der Waals surface area contributed by atoms with E-state index in [2.05, 4.69) is 16.0 Å². The Morgan fingerprint density at radius 3 is 2.50 bits per heavy atom. The topological polar surface area (TPSA) is 131 Å². The molecule has 4 N–H and O–H groups in total. The highest BCUT2D eigenvalue weighted by Gasteiger charge is 2.57. The normalized spacial score (nSPS) is 21.5. The van der Waals surface area contributed by atoms with Crippen molar-refractivity contribution in [2.75, 3.05) is 6.54 Å². The molecule has 184 valence electrons. The monoisotopic (exact) mass is 496 g/mol. The van der Waals surface area contributed by atoms with E-state index in [9.17, 15) is 24.8 Å². The minimum absolute atomic E-state index is 0.0786. The van der Waals surface area contributed by atoms with E-state index in [-0.39, 0.29) is 35.3 Å². The van der Waals surface area contributed by atoms with Gasteiger partial charge in [-0.3, -0.25) is 14.4 Å². The second-order valence-corrected chi connectivity index (χ2v) is 9.44. The van der Waals surface area contributed by atoms with Gasteiger partial charge in [-0.2, -0.15) is 14.0 Å². The second kappa shape index (κ2) is 10.2. The molecule has 0 aromatic heterocycles. The van der Waals surface area contributed by atoms with Crippen molar-refractivity contribution in [1.29, 1.82) is 5.26 Å². The van der Waals surface area contributed by atoms with Gasteiger partial charge in [0.05, 0.1) is 6.07 Å². The van der Waals surface area contributed by atoms with E-state index in [4.69, 9.17) is 11.6 Å². The summed E-state index contributed by atoms with van der Waals surface area (Å²) in [5.74, 6) is -7.51. The maximum Gasteiger partial charge on any atom is 0.356 e. The molecule has 1 aliphatic carbocycles. The Hall–Kier alpha value is -2.77. The summed E-state index contributed by atoms with van der Waals surface area (Å²) >= 11 is 5.96. The van der Waals surface area contributed by atoms with Crippen molar-refractivity contribution in [3.05, 3.63) is 34.9 Å². The molecule has 0 bridgehead atoms. The average Bonchev–Trinajstić information content (AvgIpc) is 3.52. The van der Waals surface area contributed by atoms with Crippen LogP contribution in [0.4, 0.5) is 8.78 Å². The van der Waals surface area contributed by atoms with Crippen molar-refractivity contribution in [2.45, 2.75) is 62.6 Å². The number of amides is 3. The third-order valence-electron chi connectivity index (χ3n) is 6.34. The number of rotatable bonds is 10. The molecular weight excluding hydrogens is 470 g/mol. The molecule has 1 aromatic carbocycles. The molecule has 0 spiro atoms. The van der Waals surface area contributed by atoms with E-state index >= 15 is 8.78 Å². The Bertz CT molecular complexity index is 993. The molecule has 3 amide bonds. The molecule has 8 nitrogen and oxygen atoms in total. The average molecular weight is 497 g/mol. The smallest absolute Gasteiger partial charge is 0.356 e. The molecule has 1 aromatic rings. The number of benzene rings is 1. The van der Waals surface area contributed by atoms with Crippen LogP contribution in [0.5, 0.6) is 0 Å². The van der Waals surface area contributed by atoms with Crippen molar-refractivity contribution in [2.24, 2.45) is 11.8 Å². The van der Waals surface area contributed by atoms with Gasteiger partial charge in [-0.1, -0.05) is 42.6 Å². The van der Waals surface area contributed by atoms with Gasteiger partial charge in [0.15, 0.2) is 5.60 Å². The third-order valence-corrected chi connectivity index (χ3v) is 6.67. The molecule has 1 saturated heterocycles. The summed E-state index contributed by atoms with van der Waals surface area (Å²) in [4.78, 5) is 37.3. The molecule has 2 fully saturated rings. The Morgan fingerprint density at radius 1 is 1.26 bits per heavy atom. The molecule has 4 unspecified atom stereocenters. The zero-order valence-corrected chi connectivity index (χ0v) is 19.4. The maximum atomic E-state index is 15.1. The van der Waals surface area contributed by atoms with Crippen LogP contribution >= 0.6 is 11.6 Å². The van der Waals surface area contributed by atoms with E-state index in [1.54, 1.807) is 0 Å². The molecule has 0 radical (unpaired) electrons. The minimum Gasteiger partial charge on any atom is -0.378 e. The molecule has 3 rings (SSSR count). The van der Waals surface area contributed by atoms with Gasteiger partial charge in [-0.05, 0) is 38.2 Å². The van der Waals surface area contributed by atoms with Gasteiger partial charge in [-0.15, -0.1) is 0 Å². The summed E-state index contributed by atoms with van der Waals surface area (Å²) in [5.41, 5.74) is -3.28. The largest absolute Gasteiger partial charge is 0.378 e. The van der Waals surface area contributed by atoms with Gasteiger partial charge >= 0.3 is 5.92 Å². The Kier molecular flexibility index (Phi) is 7.78. The summed E-state index contributed by atoms with van der Waals surface area (Å²) in [5, 5.41) is 27.1. The van der Waals surface area contributed by atoms with Crippen molar-refractivity contribution < 1.29 is 28.3 Å². The number of nitrogens with zero attached hydrogens (tertiary/aromatic N) is 1. The van der Waals surface area contributed by atoms with Gasteiger partial charge in [0.1, 0.15) is 12.1 Å².